The van der Waals surface area contributed by atoms with Gasteiger partial charge in [0.2, 0.25) is 0 Å². The molecule has 8 nitrogen and oxygen atoms in total. The lowest BCUT2D eigenvalue weighted by Gasteiger charge is -2.26. The summed E-state index contributed by atoms with van der Waals surface area (Å²) in [7, 11) is 1.35. The number of aliphatic hydroxyl groups is 1. The first kappa shape index (κ1) is 21.4. The predicted octanol–water partition coefficient (Wildman–Crippen LogP) is 4.11. The van der Waals surface area contributed by atoms with E-state index in [2.05, 4.69) is 18.7 Å². The average Bonchev–Trinajstić information content (AvgIpc) is 3.57. The number of nitrogens with zero attached hydrogens (tertiary/aromatic N) is 3. The largest absolute Gasteiger partial charge is 0.494 e. The second kappa shape index (κ2) is 7.97. The molecule has 0 aliphatic carbocycles. The molecule has 0 saturated carbocycles. The molecule has 6 rings (SSSR count). The summed E-state index contributed by atoms with van der Waals surface area (Å²) >= 11 is 1.07. The Hall–Kier alpha value is -4.15. The van der Waals surface area contributed by atoms with Gasteiger partial charge in [-0.25, -0.2) is 14.2 Å². The molecule has 1 aliphatic rings. The van der Waals surface area contributed by atoms with Gasteiger partial charge in [-0.05, 0) is 53.6 Å². The van der Waals surface area contributed by atoms with Crippen LogP contribution in [-0.2, 0) is 21.7 Å². The van der Waals surface area contributed by atoms with Gasteiger partial charge in [0.15, 0.2) is 11.6 Å². The Morgan fingerprint density at radius 1 is 1.09 bits per heavy atom. The molecule has 3 heterocycles. The standard InChI is InChI=1S/C25H17FN4O4S/c1-33-22-7-4-15(11-17(22)26)25(32)16(8-13-2-5-18-20(9-13)28-12-27-18)23(24(31)34-25)14-3-6-19-21(10-14)30-35-29-19/h2-7,9-12,32H,8H2,1H3,(H,27,28). The number of cyclic esters (lactones) is 1. The van der Waals surface area contributed by atoms with Crippen LogP contribution in [0.5, 0.6) is 5.75 Å². The molecule has 1 atom stereocenters. The molecule has 0 fully saturated rings. The minimum atomic E-state index is -2.19. The summed E-state index contributed by atoms with van der Waals surface area (Å²) < 4.78 is 33.6. The summed E-state index contributed by atoms with van der Waals surface area (Å²) in [5.41, 5.74) is 4.78. The zero-order valence-corrected chi connectivity index (χ0v) is 19.1. The highest BCUT2D eigenvalue weighted by Gasteiger charge is 2.48. The number of ether oxygens (including phenoxy) is 2. The Balaban J connectivity index is 1.55. The van der Waals surface area contributed by atoms with E-state index >= 15 is 0 Å². The van der Waals surface area contributed by atoms with Gasteiger partial charge in [0, 0.05) is 17.6 Å². The van der Waals surface area contributed by atoms with Gasteiger partial charge in [-0.15, -0.1) is 0 Å². The van der Waals surface area contributed by atoms with Gasteiger partial charge >= 0.3 is 5.97 Å². The normalized spacial score (nSPS) is 18.0. The molecule has 35 heavy (non-hydrogen) atoms. The number of hydrogen-bond donors (Lipinski definition) is 2. The lowest BCUT2D eigenvalue weighted by Crippen LogP contribution is -2.30. The molecule has 2 N–H and O–H groups in total. The fourth-order valence-corrected chi connectivity index (χ4v) is 4.90. The average molecular weight is 489 g/mol. The van der Waals surface area contributed by atoms with Gasteiger partial charge in [-0.2, -0.15) is 8.75 Å². The molecular weight excluding hydrogens is 471 g/mol. The Bertz CT molecular complexity index is 1660. The van der Waals surface area contributed by atoms with Crippen LogP contribution in [-0.4, -0.2) is 36.9 Å². The summed E-state index contributed by atoms with van der Waals surface area (Å²) in [4.78, 5) is 20.5. The molecule has 5 aromatic rings. The van der Waals surface area contributed by atoms with Crippen LogP contribution in [0.25, 0.3) is 27.6 Å². The SMILES string of the molecule is COc1ccc(C2(O)OC(=O)C(c3ccc4nsnc4c3)=C2Cc2ccc3[nH]cnc3c2)cc1F. The number of carbonyl (C=O) groups is 1. The van der Waals surface area contributed by atoms with E-state index in [0.717, 1.165) is 34.4 Å². The van der Waals surface area contributed by atoms with Gasteiger partial charge in [0.1, 0.15) is 11.0 Å². The van der Waals surface area contributed by atoms with Crippen LogP contribution in [0, 0.1) is 5.82 Å². The summed E-state index contributed by atoms with van der Waals surface area (Å²) in [6, 6.07) is 14.8. The molecule has 174 valence electrons. The van der Waals surface area contributed by atoms with E-state index in [4.69, 9.17) is 9.47 Å². The van der Waals surface area contributed by atoms with Gasteiger partial charge < -0.3 is 19.6 Å². The van der Waals surface area contributed by atoms with Crippen LogP contribution in [0.2, 0.25) is 0 Å². The van der Waals surface area contributed by atoms with Crippen molar-refractivity contribution in [3.63, 3.8) is 0 Å². The second-order valence-electron chi connectivity index (χ2n) is 8.13. The van der Waals surface area contributed by atoms with Gasteiger partial charge in [-0.3, -0.25) is 0 Å². The molecule has 10 heteroatoms. The van der Waals surface area contributed by atoms with E-state index in [-0.39, 0.29) is 28.9 Å². The lowest BCUT2D eigenvalue weighted by atomic mass is 9.88. The molecule has 1 unspecified atom stereocenters. The van der Waals surface area contributed by atoms with E-state index in [0.29, 0.717) is 16.6 Å². The number of nitrogens with one attached hydrogen (secondary N) is 1. The quantitative estimate of drug-likeness (QED) is 0.358. The fourth-order valence-electron chi connectivity index (χ4n) is 4.38. The Morgan fingerprint density at radius 2 is 1.94 bits per heavy atom. The highest BCUT2D eigenvalue weighted by atomic mass is 32.1. The van der Waals surface area contributed by atoms with Crippen molar-refractivity contribution in [1.29, 1.82) is 0 Å². The Kier molecular flexibility index (Phi) is 4.87. The third-order valence-corrected chi connectivity index (χ3v) is 6.66. The van der Waals surface area contributed by atoms with Crippen molar-refractivity contribution in [3.05, 3.63) is 89.0 Å². The minimum Gasteiger partial charge on any atom is -0.494 e. The maximum absolute atomic E-state index is 14.6. The summed E-state index contributed by atoms with van der Waals surface area (Å²) in [6.45, 7) is 0. The smallest absolute Gasteiger partial charge is 0.342 e. The maximum Gasteiger partial charge on any atom is 0.342 e. The number of halogens is 1. The van der Waals surface area contributed by atoms with Gasteiger partial charge in [0.25, 0.3) is 5.79 Å². The van der Waals surface area contributed by atoms with Crippen molar-refractivity contribution in [2.75, 3.05) is 7.11 Å². The number of hydrogen-bond acceptors (Lipinski definition) is 8. The number of H-pyrrole nitrogens is 1. The highest BCUT2D eigenvalue weighted by Crippen LogP contribution is 2.45. The number of esters is 1. The van der Waals surface area contributed by atoms with Gasteiger partial charge in [-0.1, -0.05) is 12.1 Å². The summed E-state index contributed by atoms with van der Waals surface area (Å²) in [5.74, 6) is -3.58. The fraction of sp³-hybridized carbons (Fsp3) is 0.120. The van der Waals surface area contributed by atoms with Crippen LogP contribution >= 0.6 is 11.7 Å². The number of methoxy groups -OCH3 is 1. The second-order valence-corrected chi connectivity index (χ2v) is 8.66. The molecule has 2 aromatic heterocycles. The van der Waals surface area contributed by atoms with Crippen molar-refractivity contribution in [2.24, 2.45) is 0 Å². The monoisotopic (exact) mass is 488 g/mol. The van der Waals surface area contributed by atoms with Crippen molar-refractivity contribution < 1.29 is 23.8 Å². The highest BCUT2D eigenvalue weighted by molar-refractivity contribution is 7.00. The molecule has 0 radical (unpaired) electrons. The number of fused-ring (bicyclic) bond motifs is 2. The number of aromatic nitrogens is 4. The summed E-state index contributed by atoms with van der Waals surface area (Å²) in [6.07, 6.45) is 1.75. The van der Waals surface area contributed by atoms with Crippen molar-refractivity contribution >= 4 is 45.3 Å². The zero-order chi connectivity index (χ0) is 24.2. The minimum absolute atomic E-state index is 0.0119. The van der Waals surface area contributed by atoms with Crippen molar-refractivity contribution in [1.82, 2.24) is 18.7 Å². The third kappa shape index (κ3) is 3.46. The number of rotatable bonds is 5. The number of carbonyl (C=O) groups excluding carboxylic acids is 1. The van der Waals surface area contributed by atoms with E-state index in [1.54, 1.807) is 24.5 Å². The van der Waals surface area contributed by atoms with Crippen LogP contribution in [0.4, 0.5) is 4.39 Å². The first-order valence-corrected chi connectivity index (χ1v) is 11.4. The van der Waals surface area contributed by atoms with Crippen LogP contribution in [0.15, 0.2) is 66.5 Å². The topological polar surface area (TPSA) is 110 Å². The van der Waals surface area contributed by atoms with Crippen LogP contribution in [0.1, 0.15) is 16.7 Å². The third-order valence-electron chi connectivity index (χ3n) is 6.11. The Labute approximate surface area is 202 Å². The molecular formula is C25H17FN4O4S. The number of aromatic amines is 1. The molecule has 0 bridgehead atoms. The van der Waals surface area contributed by atoms with E-state index in [9.17, 15) is 14.3 Å². The lowest BCUT2D eigenvalue weighted by molar-refractivity contribution is -0.185. The van der Waals surface area contributed by atoms with E-state index < -0.39 is 17.6 Å². The molecule has 0 amide bonds. The van der Waals surface area contributed by atoms with Crippen LogP contribution in [0.3, 0.4) is 0 Å². The van der Waals surface area contributed by atoms with Crippen molar-refractivity contribution in [3.8, 4) is 5.75 Å². The molecule has 0 saturated heterocycles. The zero-order valence-electron chi connectivity index (χ0n) is 18.3. The molecule has 0 spiro atoms. The van der Waals surface area contributed by atoms with E-state index in [1.807, 2.05) is 18.2 Å². The van der Waals surface area contributed by atoms with Crippen LogP contribution < -0.4 is 4.74 Å². The molecule has 1 aliphatic heterocycles. The van der Waals surface area contributed by atoms with Gasteiger partial charge in [0.05, 0.1) is 41.8 Å². The first-order valence-electron chi connectivity index (χ1n) is 10.6. The predicted molar refractivity (Wildman–Crippen MR) is 127 cm³/mol. The number of imidazole rings is 1. The summed E-state index contributed by atoms with van der Waals surface area (Å²) in [5, 5.41) is 11.8. The molecule has 3 aromatic carbocycles. The first-order chi connectivity index (χ1) is 17.0. The van der Waals surface area contributed by atoms with Crippen molar-refractivity contribution in [2.45, 2.75) is 12.2 Å². The Morgan fingerprint density at radius 3 is 2.77 bits per heavy atom. The van der Waals surface area contributed by atoms with E-state index in [1.165, 1.54) is 19.2 Å². The number of benzene rings is 3. The maximum atomic E-state index is 14.6.